The third-order valence-electron chi connectivity index (χ3n) is 1.81. The summed E-state index contributed by atoms with van der Waals surface area (Å²) in [4.78, 5) is 4.14. The molecule has 1 aromatic carbocycles. The number of aliphatic imine (C=N–C) groups is 1. The number of rotatable bonds is 1. The summed E-state index contributed by atoms with van der Waals surface area (Å²) in [6.07, 6.45) is 0. The van der Waals surface area contributed by atoms with Crippen molar-refractivity contribution in [3.8, 4) is 11.5 Å². The lowest BCUT2D eigenvalue weighted by Gasteiger charge is -2.14. The molecule has 0 amide bonds. The van der Waals surface area contributed by atoms with Crippen LogP contribution in [-0.4, -0.2) is 19.6 Å². The SMILES string of the molecule is COc1ccc2c(c1)N=C(N)CO2. The second kappa shape index (κ2) is 2.97. The van der Waals surface area contributed by atoms with Gasteiger partial charge in [-0.15, -0.1) is 0 Å². The molecule has 68 valence electrons. The Morgan fingerprint density at radius 1 is 1.54 bits per heavy atom. The van der Waals surface area contributed by atoms with Crippen molar-refractivity contribution in [3.63, 3.8) is 0 Å². The van der Waals surface area contributed by atoms with E-state index in [0.29, 0.717) is 12.4 Å². The molecule has 4 nitrogen and oxygen atoms in total. The Kier molecular flexibility index (Phi) is 1.81. The van der Waals surface area contributed by atoms with Gasteiger partial charge in [0, 0.05) is 6.07 Å². The Labute approximate surface area is 76.0 Å². The molecule has 0 aliphatic carbocycles. The topological polar surface area (TPSA) is 56.8 Å². The van der Waals surface area contributed by atoms with E-state index in [4.69, 9.17) is 15.2 Å². The van der Waals surface area contributed by atoms with Crippen molar-refractivity contribution in [1.82, 2.24) is 0 Å². The summed E-state index contributed by atoms with van der Waals surface area (Å²) in [5.74, 6) is 1.98. The summed E-state index contributed by atoms with van der Waals surface area (Å²) in [6.45, 7) is 0.360. The van der Waals surface area contributed by atoms with Crippen LogP contribution < -0.4 is 15.2 Å². The number of hydrogen-bond acceptors (Lipinski definition) is 4. The van der Waals surface area contributed by atoms with E-state index in [2.05, 4.69) is 4.99 Å². The smallest absolute Gasteiger partial charge is 0.145 e. The molecule has 1 aromatic rings. The summed E-state index contributed by atoms with van der Waals surface area (Å²) < 4.78 is 10.4. The minimum absolute atomic E-state index is 0.360. The second-order valence-electron chi connectivity index (χ2n) is 2.73. The van der Waals surface area contributed by atoms with Gasteiger partial charge < -0.3 is 15.2 Å². The molecule has 2 N–H and O–H groups in total. The van der Waals surface area contributed by atoms with Crippen molar-refractivity contribution in [3.05, 3.63) is 18.2 Å². The van der Waals surface area contributed by atoms with E-state index in [0.717, 1.165) is 17.2 Å². The molecule has 1 heterocycles. The van der Waals surface area contributed by atoms with Crippen LogP contribution in [0, 0.1) is 0 Å². The molecule has 0 atom stereocenters. The average Bonchev–Trinajstić information content (AvgIpc) is 2.16. The van der Waals surface area contributed by atoms with Crippen LogP contribution in [0.4, 0.5) is 5.69 Å². The van der Waals surface area contributed by atoms with Crippen LogP contribution in [0.3, 0.4) is 0 Å². The summed E-state index contributed by atoms with van der Waals surface area (Å²) in [7, 11) is 1.61. The number of hydrogen-bond donors (Lipinski definition) is 1. The quantitative estimate of drug-likeness (QED) is 0.700. The molecule has 0 fully saturated rings. The monoisotopic (exact) mass is 178 g/mol. The lowest BCUT2D eigenvalue weighted by molar-refractivity contribution is 0.368. The van der Waals surface area contributed by atoms with E-state index < -0.39 is 0 Å². The highest BCUT2D eigenvalue weighted by molar-refractivity contribution is 5.87. The summed E-state index contributed by atoms with van der Waals surface area (Å²) in [5.41, 5.74) is 6.25. The molecule has 2 rings (SSSR count). The summed E-state index contributed by atoms with van der Waals surface area (Å²) in [5, 5.41) is 0. The van der Waals surface area contributed by atoms with Crippen molar-refractivity contribution in [2.24, 2.45) is 10.7 Å². The fourth-order valence-electron chi connectivity index (χ4n) is 1.17. The molecular weight excluding hydrogens is 168 g/mol. The fraction of sp³-hybridized carbons (Fsp3) is 0.222. The molecule has 0 spiro atoms. The minimum atomic E-state index is 0.360. The van der Waals surface area contributed by atoms with Gasteiger partial charge in [0.05, 0.1) is 7.11 Å². The molecule has 0 saturated heterocycles. The molecule has 1 aliphatic rings. The maximum absolute atomic E-state index is 5.53. The molecule has 0 bridgehead atoms. The van der Waals surface area contributed by atoms with Gasteiger partial charge in [0.15, 0.2) is 0 Å². The van der Waals surface area contributed by atoms with Gasteiger partial charge in [0.2, 0.25) is 0 Å². The highest BCUT2D eigenvalue weighted by Crippen LogP contribution is 2.33. The van der Waals surface area contributed by atoms with Crippen molar-refractivity contribution in [1.29, 1.82) is 0 Å². The molecule has 4 heteroatoms. The first kappa shape index (κ1) is 7.91. The maximum Gasteiger partial charge on any atom is 0.145 e. The zero-order valence-corrected chi connectivity index (χ0v) is 7.28. The maximum atomic E-state index is 5.53. The second-order valence-corrected chi connectivity index (χ2v) is 2.73. The zero-order chi connectivity index (χ0) is 9.26. The molecule has 13 heavy (non-hydrogen) atoms. The Bertz CT molecular complexity index is 361. The van der Waals surface area contributed by atoms with E-state index in [1.807, 2.05) is 12.1 Å². The molecule has 0 aromatic heterocycles. The van der Waals surface area contributed by atoms with Crippen molar-refractivity contribution < 1.29 is 9.47 Å². The van der Waals surface area contributed by atoms with Gasteiger partial charge in [-0.05, 0) is 12.1 Å². The summed E-state index contributed by atoms with van der Waals surface area (Å²) in [6, 6.07) is 5.45. The van der Waals surface area contributed by atoms with Crippen LogP contribution in [0.25, 0.3) is 0 Å². The van der Waals surface area contributed by atoms with Gasteiger partial charge >= 0.3 is 0 Å². The first-order valence-corrected chi connectivity index (χ1v) is 3.93. The molecule has 0 saturated carbocycles. The van der Waals surface area contributed by atoms with E-state index in [1.165, 1.54) is 0 Å². The number of fused-ring (bicyclic) bond motifs is 1. The first-order chi connectivity index (χ1) is 6.29. The Balaban J connectivity index is 2.45. The van der Waals surface area contributed by atoms with Gasteiger partial charge in [-0.1, -0.05) is 0 Å². The van der Waals surface area contributed by atoms with Crippen LogP contribution in [-0.2, 0) is 0 Å². The lowest BCUT2D eigenvalue weighted by Crippen LogP contribution is -2.23. The number of nitrogens with two attached hydrogens (primary N) is 1. The zero-order valence-electron chi connectivity index (χ0n) is 7.28. The van der Waals surface area contributed by atoms with Crippen molar-refractivity contribution in [2.45, 2.75) is 0 Å². The molecule has 0 unspecified atom stereocenters. The van der Waals surface area contributed by atoms with E-state index in [-0.39, 0.29) is 0 Å². The molecule has 0 radical (unpaired) electrons. The van der Waals surface area contributed by atoms with Crippen LogP contribution in [0.1, 0.15) is 0 Å². The average molecular weight is 178 g/mol. The number of methoxy groups -OCH3 is 1. The van der Waals surface area contributed by atoms with E-state index >= 15 is 0 Å². The largest absolute Gasteiger partial charge is 0.497 e. The van der Waals surface area contributed by atoms with E-state index in [1.54, 1.807) is 13.2 Å². The Hall–Kier alpha value is -1.71. The normalized spacial score (nSPS) is 14.1. The standard InChI is InChI=1S/C9H10N2O2/c1-12-6-2-3-8-7(4-6)11-9(10)5-13-8/h2-4H,5H2,1H3,(H2,10,11). The van der Waals surface area contributed by atoms with Gasteiger partial charge in [0.25, 0.3) is 0 Å². The number of nitrogens with zero attached hydrogens (tertiary/aromatic N) is 1. The third kappa shape index (κ3) is 1.42. The molecule has 1 aliphatic heterocycles. The van der Waals surface area contributed by atoms with Crippen LogP contribution >= 0.6 is 0 Å². The van der Waals surface area contributed by atoms with Gasteiger partial charge in [-0.25, -0.2) is 4.99 Å². The van der Waals surface area contributed by atoms with Crippen LogP contribution in [0.2, 0.25) is 0 Å². The van der Waals surface area contributed by atoms with Gasteiger partial charge in [0.1, 0.15) is 29.6 Å². The highest BCUT2D eigenvalue weighted by Gasteiger charge is 2.10. The minimum Gasteiger partial charge on any atom is -0.497 e. The highest BCUT2D eigenvalue weighted by atomic mass is 16.5. The first-order valence-electron chi connectivity index (χ1n) is 3.93. The Morgan fingerprint density at radius 3 is 3.15 bits per heavy atom. The predicted molar refractivity (Wildman–Crippen MR) is 49.8 cm³/mol. The predicted octanol–water partition coefficient (Wildman–Crippen LogP) is 1.08. The Morgan fingerprint density at radius 2 is 2.38 bits per heavy atom. The van der Waals surface area contributed by atoms with Gasteiger partial charge in [-0.2, -0.15) is 0 Å². The van der Waals surface area contributed by atoms with Crippen molar-refractivity contribution in [2.75, 3.05) is 13.7 Å². The van der Waals surface area contributed by atoms with Gasteiger partial charge in [-0.3, -0.25) is 0 Å². The van der Waals surface area contributed by atoms with Crippen molar-refractivity contribution >= 4 is 11.5 Å². The number of benzene rings is 1. The summed E-state index contributed by atoms with van der Waals surface area (Å²) >= 11 is 0. The van der Waals surface area contributed by atoms with Crippen LogP contribution in [0.5, 0.6) is 11.5 Å². The van der Waals surface area contributed by atoms with Crippen LogP contribution in [0.15, 0.2) is 23.2 Å². The fourth-order valence-corrected chi connectivity index (χ4v) is 1.17. The van der Waals surface area contributed by atoms with E-state index in [9.17, 15) is 0 Å². The lowest BCUT2D eigenvalue weighted by atomic mass is 10.2. The molecular formula is C9H10N2O2. The third-order valence-corrected chi connectivity index (χ3v) is 1.81. The number of amidine groups is 1. The number of ether oxygens (including phenoxy) is 2.